The van der Waals surface area contributed by atoms with E-state index in [2.05, 4.69) is 20.5 Å². The quantitative estimate of drug-likeness (QED) is 0.479. The van der Waals surface area contributed by atoms with E-state index in [-0.39, 0.29) is 30.4 Å². The van der Waals surface area contributed by atoms with Crippen molar-refractivity contribution in [2.75, 3.05) is 11.9 Å². The van der Waals surface area contributed by atoms with Gasteiger partial charge in [0.1, 0.15) is 5.69 Å². The van der Waals surface area contributed by atoms with Crippen molar-refractivity contribution in [3.63, 3.8) is 0 Å². The van der Waals surface area contributed by atoms with Gasteiger partial charge >= 0.3 is 12.3 Å². The summed E-state index contributed by atoms with van der Waals surface area (Å²) >= 11 is 0. The molecule has 9 nitrogen and oxygen atoms in total. The van der Waals surface area contributed by atoms with Crippen molar-refractivity contribution in [2.24, 2.45) is 5.92 Å². The molecule has 2 aliphatic carbocycles. The number of alkyl halides is 3. The number of hydrogen-bond acceptors (Lipinski definition) is 5. The highest BCUT2D eigenvalue weighted by molar-refractivity contribution is 5.91. The Kier molecular flexibility index (Phi) is 6.78. The second-order valence-corrected chi connectivity index (χ2v) is 9.07. The van der Waals surface area contributed by atoms with Crippen LogP contribution in [0.2, 0.25) is 0 Å². The standard InChI is InChI=1S/C22H26F3N5O4/c23-22(24,25)18-4-1-12(10-26-18)7-20(32)27-19-9-17(28-29-19)14-2-3-15(8-14)30(21(33)34)11-13-5-16(31)6-13/h1,4,9-10,13-16,31H,2-3,5-8,11H2,(H,33,34)(H2,27,28,29,32)/t13?,14-,15+,16?/m1/s1. The number of carbonyl (C=O) groups is 2. The number of aliphatic hydroxyl groups excluding tert-OH is 1. The summed E-state index contributed by atoms with van der Waals surface area (Å²) in [6, 6.07) is 3.62. The average molecular weight is 481 g/mol. The van der Waals surface area contributed by atoms with E-state index >= 15 is 0 Å². The second kappa shape index (κ2) is 9.61. The van der Waals surface area contributed by atoms with Crippen LogP contribution in [-0.2, 0) is 17.4 Å². The molecule has 0 aromatic carbocycles. The summed E-state index contributed by atoms with van der Waals surface area (Å²) in [5, 5.41) is 28.7. The summed E-state index contributed by atoms with van der Waals surface area (Å²) in [5.74, 6) is 0.112. The van der Waals surface area contributed by atoms with Crippen molar-refractivity contribution in [3.05, 3.63) is 41.3 Å². The molecule has 2 atom stereocenters. The fourth-order valence-electron chi connectivity index (χ4n) is 4.71. The molecule has 2 amide bonds. The van der Waals surface area contributed by atoms with Crippen LogP contribution in [0.15, 0.2) is 24.4 Å². The lowest BCUT2D eigenvalue weighted by molar-refractivity contribution is -0.141. The van der Waals surface area contributed by atoms with E-state index in [0.29, 0.717) is 43.6 Å². The van der Waals surface area contributed by atoms with Crippen molar-refractivity contribution in [3.8, 4) is 0 Å². The minimum Gasteiger partial charge on any atom is -0.465 e. The lowest BCUT2D eigenvalue weighted by atomic mass is 9.82. The molecule has 0 radical (unpaired) electrons. The monoisotopic (exact) mass is 481 g/mol. The van der Waals surface area contributed by atoms with Crippen LogP contribution in [0.5, 0.6) is 0 Å². The summed E-state index contributed by atoms with van der Waals surface area (Å²) in [7, 11) is 0. The molecule has 0 saturated heterocycles. The van der Waals surface area contributed by atoms with Crippen molar-refractivity contribution in [1.82, 2.24) is 20.1 Å². The van der Waals surface area contributed by atoms with Gasteiger partial charge < -0.3 is 20.4 Å². The first-order chi connectivity index (χ1) is 16.1. The van der Waals surface area contributed by atoms with Gasteiger partial charge in [-0.3, -0.25) is 14.9 Å². The Hall–Kier alpha value is -3.15. The first kappa shape index (κ1) is 24.0. The molecule has 12 heteroatoms. The fraction of sp³-hybridized carbons (Fsp3) is 0.545. The predicted octanol–water partition coefficient (Wildman–Crippen LogP) is 3.39. The first-order valence-corrected chi connectivity index (χ1v) is 11.1. The minimum absolute atomic E-state index is 0.0658. The number of aliphatic hydroxyl groups is 1. The fourth-order valence-corrected chi connectivity index (χ4v) is 4.71. The van der Waals surface area contributed by atoms with Gasteiger partial charge in [-0.15, -0.1) is 0 Å². The van der Waals surface area contributed by atoms with Gasteiger partial charge in [0.25, 0.3) is 0 Å². The Morgan fingerprint density at radius 3 is 2.59 bits per heavy atom. The number of H-pyrrole nitrogens is 1. The molecule has 2 fully saturated rings. The summed E-state index contributed by atoms with van der Waals surface area (Å²) in [4.78, 5) is 28.9. The van der Waals surface area contributed by atoms with Crippen LogP contribution in [0.25, 0.3) is 0 Å². The molecule has 2 aromatic rings. The maximum absolute atomic E-state index is 12.6. The second-order valence-electron chi connectivity index (χ2n) is 9.07. The number of hydrogen-bond donors (Lipinski definition) is 4. The smallest absolute Gasteiger partial charge is 0.433 e. The topological polar surface area (TPSA) is 131 Å². The molecular weight excluding hydrogens is 455 g/mol. The summed E-state index contributed by atoms with van der Waals surface area (Å²) in [6.07, 6.45) is -1.56. The van der Waals surface area contributed by atoms with Crippen LogP contribution < -0.4 is 5.32 Å². The first-order valence-electron chi connectivity index (χ1n) is 11.1. The lowest BCUT2D eigenvalue weighted by Crippen LogP contribution is -2.45. The van der Waals surface area contributed by atoms with Gasteiger partial charge in [-0.25, -0.2) is 4.79 Å². The van der Waals surface area contributed by atoms with Crippen molar-refractivity contribution < 1.29 is 33.0 Å². The molecular formula is C22H26F3N5O4. The Bertz CT molecular complexity index is 1020. The summed E-state index contributed by atoms with van der Waals surface area (Å²) < 4.78 is 37.8. The number of carbonyl (C=O) groups excluding carboxylic acids is 1. The molecule has 2 heterocycles. The minimum atomic E-state index is -4.54. The van der Waals surface area contributed by atoms with Gasteiger partial charge in [-0.1, -0.05) is 6.07 Å². The van der Waals surface area contributed by atoms with E-state index in [9.17, 15) is 33.0 Å². The Balaban J connectivity index is 1.30. The van der Waals surface area contributed by atoms with E-state index < -0.39 is 23.9 Å². The highest BCUT2D eigenvalue weighted by Gasteiger charge is 2.37. The third-order valence-electron chi connectivity index (χ3n) is 6.54. The molecule has 0 bridgehead atoms. The molecule has 2 aromatic heterocycles. The maximum Gasteiger partial charge on any atom is 0.433 e. The van der Waals surface area contributed by atoms with Crippen molar-refractivity contribution >= 4 is 17.8 Å². The highest BCUT2D eigenvalue weighted by atomic mass is 19.4. The number of halogens is 3. The van der Waals surface area contributed by atoms with Crippen molar-refractivity contribution in [1.29, 1.82) is 0 Å². The van der Waals surface area contributed by atoms with E-state index in [1.165, 1.54) is 11.0 Å². The van der Waals surface area contributed by atoms with Crippen LogP contribution in [-0.4, -0.2) is 61.0 Å². The normalized spacial score (nSPS) is 24.5. The van der Waals surface area contributed by atoms with Crippen LogP contribution >= 0.6 is 0 Å². The summed E-state index contributed by atoms with van der Waals surface area (Å²) in [5.41, 5.74) is 0.112. The zero-order valence-electron chi connectivity index (χ0n) is 18.3. The van der Waals surface area contributed by atoms with Gasteiger partial charge in [-0.05, 0) is 49.7 Å². The summed E-state index contributed by atoms with van der Waals surface area (Å²) in [6.45, 7) is 0.423. The molecule has 2 saturated carbocycles. The Morgan fingerprint density at radius 1 is 1.21 bits per heavy atom. The van der Waals surface area contributed by atoms with Crippen LogP contribution in [0.3, 0.4) is 0 Å². The number of pyridine rings is 1. The van der Waals surface area contributed by atoms with E-state index in [4.69, 9.17) is 0 Å². The number of anilines is 1. The molecule has 0 aliphatic heterocycles. The molecule has 0 unspecified atom stereocenters. The molecule has 4 rings (SSSR count). The molecule has 184 valence electrons. The SMILES string of the molecule is O=C(Cc1ccc(C(F)(F)F)nc1)Nc1cc([C@@H]2CC[C@H](N(CC3CC(O)C3)C(=O)O)C2)[nH]n1. The van der Waals surface area contributed by atoms with Crippen LogP contribution in [0, 0.1) is 5.92 Å². The Labute approximate surface area is 193 Å². The molecule has 2 aliphatic rings. The largest absolute Gasteiger partial charge is 0.465 e. The molecule has 0 spiro atoms. The zero-order chi connectivity index (χ0) is 24.5. The number of amides is 2. The number of aromatic nitrogens is 3. The van der Waals surface area contributed by atoms with Gasteiger partial charge in [-0.2, -0.15) is 18.3 Å². The molecule has 4 N–H and O–H groups in total. The predicted molar refractivity (Wildman–Crippen MR) is 114 cm³/mol. The zero-order valence-corrected chi connectivity index (χ0v) is 18.3. The molecule has 34 heavy (non-hydrogen) atoms. The van der Waals surface area contributed by atoms with Crippen LogP contribution in [0.1, 0.15) is 55.0 Å². The third kappa shape index (κ3) is 5.66. The van der Waals surface area contributed by atoms with E-state index in [0.717, 1.165) is 24.4 Å². The number of rotatable bonds is 7. The van der Waals surface area contributed by atoms with Crippen LogP contribution in [0.4, 0.5) is 23.8 Å². The Morgan fingerprint density at radius 2 is 1.97 bits per heavy atom. The third-order valence-corrected chi connectivity index (χ3v) is 6.54. The lowest BCUT2D eigenvalue weighted by Gasteiger charge is -2.37. The van der Waals surface area contributed by atoms with Crippen molar-refractivity contribution in [2.45, 2.75) is 62.8 Å². The van der Waals surface area contributed by atoms with Gasteiger partial charge in [0.2, 0.25) is 5.91 Å². The average Bonchev–Trinajstić information content (AvgIpc) is 3.39. The maximum atomic E-state index is 12.6. The van der Waals surface area contributed by atoms with E-state index in [1.807, 2.05) is 0 Å². The number of carboxylic acid groups (broad SMARTS) is 1. The van der Waals surface area contributed by atoms with Gasteiger partial charge in [0.15, 0.2) is 5.82 Å². The van der Waals surface area contributed by atoms with E-state index in [1.54, 1.807) is 6.07 Å². The number of aromatic amines is 1. The van der Waals surface area contributed by atoms with Gasteiger partial charge in [0, 0.05) is 36.5 Å². The number of nitrogens with zero attached hydrogens (tertiary/aromatic N) is 3. The van der Waals surface area contributed by atoms with Gasteiger partial charge in [0.05, 0.1) is 12.5 Å². The highest BCUT2D eigenvalue weighted by Crippen LogP contribution is 2.38. The number of nitrogens with one attached hydrogen (secondary N) is 2.